The van der Waals surface area contributed by atoms with Crippen molar-refractivity contribution >= 4 is 51.5 Å². The summed E-state index contributed by atoms with van der Waals surface area (Å²) in [5, 5.41) is 6.89. The maximum atomic E-state index is 15.0. The number of anilines is 5. The zero-order chi connectivity index (χ0) is 32.5. The summed E-state index contributed by atoms with van der Waals surface area (Å²) in [4.78, 5) is 42.0. The van der Waals surface area contributed by atoms with Crippen LogP contribution >= 0.6 is 11.3 Å². The van der Waals surface area contributed by atoms with Gasteiger partial charge in [0.15, 0.2) is 10.9 Å². The molecule has 0 aliphatic carbocycles. The highest BCUT2D eigenvalue weighted by atomic mass is 32.1. The second-order valence-corrected chi connectivity index (χ2v) is 11.0. The summed E-state index contributed by atoms with van der Waals surface area (Å²) in [6.45, 7) is 2.58. The number of aromatic nitrogens is 3. The van der Waals surface area contributed by atoms with Crippen LogP contribution in [0.15, 0.2) is 48.0 Å². The van der Waals surface area contributed by atoms with Gasteiger partial charge in [-0.25, -0.2) is 33.3 Å². The molecule has 45 heavy (non-hydrogen) atoms. The highest BCUT2D eigenvalue weighted by Crippen LogP contribution is 2.41. The van der Waals surface area contributed by atoms with Crippen molar-refractivity contribution in [2.45, 2.75) is 26.1 Å². The Kier molecular flexibility index (Phi) is 8.97. The molecule has 5 rings (SSSR count). The molecule has 16 heteroatoms. The fourth-order valence-corrected chi connectivity index (χ4v) is 5.42. The molecular weight excluding hydrogens is 619 g/mol. The quantitative estimate of drug-likeness (QED) is 0.215. The minimum absolute atomic E-state index is 0.0117. The summed E-state index contributed by atoms with van der Waals surface area (Å²) >= 11 is 0.849. The topological polar surface area (TPSA) is 107 Å². The van der Waals surface area contributed by atoms with Crippen LogP contribution in [0.25, 0.3) is 11.3 Å². The predicted molar refractivity (Wildman–Crippen MR) is 160 cm³/mol. The predicted octanol–water partition coefficient (Wildman–Crippen LogP) is 6.00. The number of aryl methyl sites for hydroxylation is 1. The van der Waals surface area contributed by atoms with Crippen LogP contribution in [-0.4, -0.2) is 65.2 Å². The number of thiazole rings is 1. The molecule has 0 fully saturated rings. The van der Waals surface area contributed by atoms with Crippen molar-refractivity contribution in [3.8, 4) is 11.3 Å². The number of para-hydroxylation sites is 1. The monoisotopic (exact) mass is 646 g/mol. The zero-order valence-electron chi connectivity index (χ0n) is 24.2. The van der Waals surface area contributed by atoms with Crippen molar-refractivity contribution in [1.29, 1.82) is 0 Å². The molecule has 0 spiro atoms. The molecule has 0 unspecified atom stereocenters. The van der Waals surface area contributed by atoms with E-state index in [1.54, 1.807) is 6.07 Å². The van der Waals surface area contributed by atoms with Crippen molar-refractivity contribution < 1.29 is 31.5 Å². The number of nitrogens with one attached hydrogen (secondary N) is 2. The summed E-state index contributed by atoms with van der Waals surface area (Å²) in [6, 6.07) is 6.64. The molecule has 2 aromatic carbocycles. The van der Waals surface area contributed by atoms with Crippen LogP contribution in [0, 0.1) is 11.6 Å². The van der Waals surface area contributed by atoms with E-state index in [4.69, 9.17) is 0 Å². The second-order valence-electron chi connectivity index (χ2n) is 10.1. The van der Waals surface area contributed by atoms with Gasteiger partial charge in [0, 0.05) is 35.8 Å². The van der Waals surface area contributed by atoms with Crippen molar-refractivity contribution in [3.05, 3.63) is 70.7 Å². The van der Waals surface area contributed by atoms with Gasteiger partial charge in [0.25, 0.3) is 0 Å². The van der Waals surface area contributed by atoms with Crippen molar-refractivity contribution in [3.63, 3.8) is 0 Å². The van der Waals surface area contributed by atoms with Crippen LogP contribution in [0.5, 0.6) is 0 Å². The Labute approximate surface area is 258 Å². The summed E-state index contributed by atoms with van der Waals surface area (Å²) < 4.78 is 71.3. The van der Waals surface area contributed by atoms with Gasteiger partial charge in [-0.3, -0.25) is 4.79 Å². The average Bonchev–Trinajstić information content (AvgIpc) is 3.51. The number of likely N-dealkylation sites (N-methyl/N-ethyl adjacent to an activating group) is 1. The minimum Gasteiger partial charge on any atom is -0.353 e. The Morgan fingerprint density at radius 2 is 1.87 bits per heavy atom. The van der Waals surface area contributed by atoms with Crippen LogP contribution in [0.3, 0.4) is 0 Å². The number of halogens is 5. The number of alkyl halides is 3. The summed E-state index contributed by atoms with van der Waals surface area (Å²) in [5.41, 5.74) is 0.612. The van der Waals surface area contributed by atoms with E-state index in [-0.39, 0.29) is 40.4 Å². The van der Waals surface area contributed by atoms with Gasteiger partial charge in [-0.1, -0.05) is 19.1 Å². The third kappa shape index (κ3) is 6.42. The zero-order valence-corrected chi connectivity index (χ0v) is 25.1. The lowest BCUT2D eigenvalue weighted by Gasteiger charge is -2.31. The highest BCUT2D eigenvalue weighted by Gasteiger charge is 2.45. The largest absolute Gasteiger partial charge is 0.472 e. The molecule has 0 radical (unpaired) electrons. The number of urea groups is 1. The number of carbonyl (C=O) groups excluding carboxylic acids is 2. The molecular formula is C29H27F5N8O2S. The fourth-order valence-electron chi connectivity index (χ4n) is 4.76. The van der Waals surface area contributed by atoms with Crippen molar-refractivity contribution in [1.82, 2.24) is 25.2 Å². The SMILES string of the molecule is CCc1ccc(N(C(=O)C(F)(F)F)c2nccs2)cc1-c1nc(NCCN(C)C)nc2c1CNC(=O)N2c1c(F)cccc1F. The molecule has 0 saturated carbocycles. The number of hydrogen-bond acceptors (Lipinski definition) is 8. The lowest BCUT2D eigenvalue weighted by molar-refractivity contribution is -0.169. The molecule has 10 nitrogen and oxygen atoms in total. The number of hydrogen-bond donors (Lipinski definition) is 2. The average molecular weight is 647 g/mol. The molecule has 236 valence electrons. The van der Waals surface area contributed by atoms with Crippen LogP contribution in [0.2, 0.25) is 0 Å². The number of rotatable bonds is 9. The molecule has 1 aliphatic heterocycles. The van der Waals surface area contributed by atoms with Crippen LogP contribution < -0.4 is 20.4 Å². The lowest BCUT2D eigenvalue weighted by atomic mass is 9.97. The normalized spacial score (nSPS) is 13.1. The van der Waals surface area contributed by atoms with Gasteiger partial charge in [-0.05, 0) is 50.3 Å². The number of amides is 3. The Hall–Kier alpha value is -4.70. The Morgan fingerprint density at radius 1 is 1.13 bits per heavy atom. The molecule has 0 bridgehead atoms. The van der Waals surface area contributed by atoms with Crippen LogP contribution in [-0.2, 0) is 17.8 Å². The van der Waals surface area contributed by atoms with E-state index in [0.29, 0.717) is 35.5 Å². The maximum Gasteiger partial charge on any atom is 0.472 e. The van der Waals surface area contributed by atoms with Gasteiger partial charge in [0.2, 0.25) is 5.95 Å². The van der Waals surface area contributed by atoms with E-state index in [2.05, 4.69) is 25.6 Å². The Balaban J connectivity index is 1.75. The van der Waals surface area contributed by atoms with E-state index in [1.807, 2.05) is 25.9 Å². The molecule has 2 aromatic heterocycles. The van der Waals surface area contributed by atoms with Crippen LogP contribution in [0.4, 0.5) is 55.0 Å². The standard InChI is InChI=1S/C29H27F5N8O2S/c1-4-16-8-9-17(41(25(43)29(32,33)34)28-36-11-13-45-28)14-18(16)22-19-15-37-27(44)42(23-20(30)6-5-7-21(23)31)24(19)39-26(38-22)35-10-12-40(2)3/h5-9,11,13-14H,4,10,12,15H2,1-3H3,(H,37,44)(H,35,38,39). The summed E-state index contributed by atoms with van der Waals surface area (Å²) in [5.74, 6) is -4.27. The number of carbonyl (C=O) groups is 2. The van der Waals surface area contributed by atoms with Crippen molar-refractivity contribution in [2.24, 2.45) is 0 Å². The first-order valence-corrected chi connectivity index (χ1v) is 14.5. The molecule has 0 atom stereocenters. The summed E-state index contributed by atoms with van der Waals surface area (Å²) in [6.07, 6.45) is -3.52. The highest BCUT2D eigenvalue weighted by molar-refractivity contribution is 7.13. The fraction of sp³-hybridized carbons (Fsp3) is 0.276. The van der Waals surface area contributed by atoms with Gasteiger partial charge in [-0.15, -0.1) is 11.3 Å². The Morgan fingerprint density at radius 3 is 2.49 bits per heavy atom. The molecule has 4 aromatic rings. The third-order valence-electron chi connectivity index (χ3n) is 6.86. The van der Waals surface area contributed by atoms with E-state index >= 15 is 8.78 Å². The third-order valence-corrected chi connectivity index (χ3v) is 7.62. The van der Waals surface area contributed by atoms with Crippen molar-refractivity contribution in [2.75, 3.05) is 42.3 Å². The number of fused-ring (bicyclic) bond motifs is 1. The number of benzene rings is 2. The molecule has 2 N–H and O–H groups in total. The smallest absolute Gasteiger partial charge is 0.353 e. The Bertz CT molecular complexity index is 1710. The molecule has 3 amide bonds. The lowest BCUT2D eigenvalue weighted by Crippen LogP contribution is -2.43. The van der Waals surface area contributed by atoms with Crippen LogP contribution in [0.1, 0.15) is 18.1 Å². The minimum atomic E-state index is -5.21. The first kappa shape index (κ1) is 31.7. The van der Waals surface area contributed by atoms with E-state index in [0.717, 1.165) is 34.4 Å². The summed E-state index contributed by atoms with van der Waals surface area (Å²) in [7, 11) is 3.70. The first-order chi connectivity index (χ1) is 21.4. The van der Waals surface area contributed by atoms with Gasteiger partial charge in [0.05, 0.1) is 17.9 Å². The maximum absolute atomic E-state index is 15.0. The molecule has 3 heterocycles. The van der Waals surface area contributed by atoms with E-state index < -0.39 is 35.4 Å². The van der Waals surface area contributed by atoms with Gasteiger partial charge in [0.1, 0.15) is 17.3 Å². The van der Waals surface area contributed by atoms with E-state index in [1.165, 1.54) is 23.7 Å². The molecule has 1 aliphatic rings. The van der Waals surface area contributed by atoms with E-state index in [9.17, 15) is 22.8 Å². The van der Waals surface area contributed by atoms with Gasteiger partial charge in [-0.2, -0.15) is 18.2 Å². The number of nitrogens with zero attached hydrogens (tertiary/aromatic N) is 6. The van der Waals surface area contributed by atoms with Gasteiger partial charge >= 0.3 is 18.1 Å². The first-order valence-electron chi connectivity index (χ1n) is 13.7. The molecule has 0 saturated heterocycles. The van der Waals surface area contributed by atoms with Gasteiger partial charge < -0.3 is 15.5 Å². The second kappa shape index (κ2) is 12.7.